The van der Waals surface area contributed by atoms with Crippen LogP contribution in [0.2, 0.25) is 5.02 Å². The molecule has 2 nitrogen and oxygen atoms in total. The highest BCUT2D eigenvalue weighted by molar-refractivity contribution is 7.98. The maximum atomic E-state index is 6.13. The zero-order valence-corrected chi connectivity index (χ0v) is 11.1. The Balaban J connectivity index is 1.79. The van der Waals surface area contributed by atoms with Gasteiger partial charge >= 0.3 is 0 Å². The van der Waals surface area contributed by atoms with Gasteiger partial charge in [0, 0.05) is 10.8 Å². The molecule has 0 amide bonds. The van der Waals surface area contributed by atoms with Crippen molar-refractivity contribution in [2.75, 3.05) is 0 Å². The van der Waals surface area contributed by atoms with Crippen LogP contribution in [-0.4, -0.2) is 9.97 Å². The molecule has 3 rings (SSSR count). The second-order valence-electron chi connectivity index (χ2n) is 3.94. The van der Waals surface area contributed by atoms with Crippen molar-refractivity contribution in [3.63, 3.8) is 0 Å². The smallest absolute Gasteiger partial charge is 0.166 e. The van der Waals surface area contributed by atoms with Crippen LogP contribution in [0.1, 0.15) is 5.56 Å². The van der Waals surface area contributed by atoms with Crippen LogP contribution in [-0.2, 0) is 5.75 Å². The second kappa shape index (κ2) is 5.04. The van der Waals surface area contributed by atoms with E-state index < -0.39 is 0 Å². The van der Waals surface area contributed by atoms with Crippen LogP contribution in [0.3, 0.4) is 0 Å². The SMILES string of the molecule is Clc1ccccc1CSc1nc2ccccc2[nH]1. The number of rotatable bonds is 3. The Morgan fingerprint density at radius 1 is 1.06 bits per heavy atom. The van der Waals surface area contributed by atoms with Crippen LogP contribution >= 0.6 is 23.4 Å². The molecule has 0 saturated carbocycles. The largest absolute Gasteiger partial charge is 0.333 e. The van der Waals surface area contributed by atoms with Crippen molar-refractivity contribution in [3.8, 4) is 0 Å². The number of benzene rings is 2. The van der Waals surface area contributed by atoms with Gasteiger partial charge in [-0.05, 0) is 23.8 Å². The monoisotopic (exact) mass is 274 g/mol. The first kappa shape index (κ1) is 11.6. The van der Waals surface area contributed by atoms with Gasteiger partial charge in [0.25, 0.3) is 0 Å². The van der Waals surface area contributed by atoms with Crippen molar-refractivity contribution in [3.05, 3.63) is 59.1 Å². The van der Waals surface area contributed by atoms with Gasteiger partial charge in [0.05, 0.1) is 11.0 Å². The molecule has 0 bridgehead atoms. The molecule has 0 unspecified atom stereocenters. The van der Waals surface area contributed by atoms with Gasteiger partial charge in [-0.25, -0.2) is 4.98 Å². The first-order chi connectivity index (χ1) is 8.83. The minimum Gasteiger partial charge on any atom is -0.333 e. The number of halogens is 1. The lowest BCUT2D eigenvalue weighted by atomic mass is 10.2. The van der Waals surface area contributed by atoms with Gasteiger partial charge in [0.2, 0.25) is 0 Å². The molecule has 2 aromatic carbocycles. The van der Waals surface area contributed by atoms with E-state index in [0.29, 0.717) is 0 Å². The molecule has 0 atom stereocenters. The van der Waals surface area contributed by atoms with Crippen LogP contribution in [0, 0.1) is 0 Å². The summed E-state index contributed by atoms with van der Waals surface area (Å²) in [4.78, 5) is 7.82. The maximum Gasteiger partial charge on any atom is 0.166 e. The average molecular weight is 275 g/mol. The number of para-hydroxylation sites is 2. The van der Waals surface area contributed by atoms with E-state index in [4.69, 9.17) is 11.6 Å². The van der Waals surface area contributed by atoms with Crippen LogP contribution in [0.25, 0.3) is 11.0 Å². The lowest BCUT2D eigenvalue weighted by Crippen LogP contribution is -1.82. The zero-order valence-electron chi connectivity index (χ0n) is 9.56. The second-order valence-corrected chi connectivity index (χ2v) is 5.31. The molecule has 1 N–H and O–H groups in total. The lowest BCUT2D eigenvalue weighted by molar-refractivity contribution is 1.08. The molecule has 0 aliphatic carbocycles. The summed E-state index contributed by atoms with van der Waals surface area (Å²) in [6.45, 7) is 0. The van der Waals surface area contributed by atoms with E-state index in [1.807, 2.05) is 48.5 Å². The summed E-state index contributed by atoms with van der Waals surface area (Å²) < 4.78 is 0. The van der Waals surface area contributed by atoms with Crippen molar-refractivity contribution in [1.29, 1.82) is 0 Å². The van der Waals surface area contributed by atoms with E-state index in [-0.39, 0.29) is 0 Å². The number of thioether (sulfide) groups is 1. The molecule has 0 spiro atoms. The van der Waals surface area contributed by atoms with Crippen LogP contribution in [0.5, 0.6) is 0 Å². The van der Waals surface area contributed by atoms with Gasteiger partial charge in [-0.3, -0.25) is 0 Å². The average Bonchev–Trinajstić information content (AvgIpc) is 2.80. The molecule has 18 heavy (non-hydrogen) atoms. The Kier molecular flexibility index (Phi) is 3.26. The van der Waals surface area contributed by atoms with Crippen LogP contribution < -0.4 is 0 Å². The molecule has 0 radical (unpaired) electrons. The number of nitrogens with one attached hydrogen (secondary N) is 1. The topological polar surface area (TPSA) is 28.7 Å². The number of aromatic nitrogens is 2. The summed E-state index contributed by atoms with van der Waals surface area (Å²) in [6.07, 6.45) is 0. The van der Waals surface area contributed by atoms with Crippen molar-refractivity contribution >= 4 is 34.4 Å². The molecule has 0 aliphatic rings. The molecule has 4 heteroatoms. The van der Waals surface area contributed by atoms with Gasteiger partial charge in [0.1, 0.15) is 0 Å². The van der Waals surface area contributed by atoms with Crippen molar-refractivity contribution in [2.45, 2.75) is 10.9 Å². The number of nitrogens with zero attached hydrogens (tertiary/aromatic N) is 1. The summed E-state index contributed by atoms with van der Waals surface area (Å²) >= 11 is 7.79. The predicted molar refractivity (Wildman–Crippen MR) is 77.1 cm³/mol. The summed E-state index contributed by atoms with van der Waals surface area (Å²) in [6, 6.07) is 15.9. The quantitative estimate of drug-likeness (QED) is 0.712. The molecule has 90 valence electrons. The summed E-state index contributed by atoms with van der Waals surface area (Å²) in [5.41, 5.74) is 3.20. The van der Waals surface area contributed by atoms with Crippen molar-refractivity contribution in [1.82, 2.24) is 9.97 Å². The van der Waals surface area contributed by atoms with Gasteiger partial charge in [-0.1, -0.05) is 53.7 Å². The van der Waals surface area contributed by atoms with Gasteiger partial charge < -0.3 is 4.98 Å². The van der Waals surface area contributed by atoms with Gasteiger partial charge in [0.15, 0.2) is 5.16 Å². The fourth-order valence-electron chi connectivity index (χ4n) is 1.76. The third kappa shape index (κ3) is 2.37. The molecule has 1 heterocycles. The predicted octanol–water partition coefficient (Wildman–Crippen LogP) is 4.51. The van der Waals surface area contributed by atoms with E-state index in [1.165, 1.54) is 0 Å². The standard InChI is InChI=1S/C14H11ClN2S/c15-11-6-2-1-5-10(11)9-18-14-16-12-7-3-4-8-13(12)17-14/h1-8H,9H2,(H,16,17). The number of imidazole rings is 1. The van der Waals surface area contributed by atoms with E-state index in [0.717, 1.165) is 32.5 Å². The Hall–Kier alpha value is -1.45. The minimum absolute atomic E-state index is 0.807. The number of hydrogen-bond acceptors (Lipinski definition) is 2. The summed E-state index contributed by atoms with van der Waals surface area (Å²) in [7, 11) is 0. The highest BCUT2D eigenvalue weighted by Gasteiger charge is 2.04. The number of fused-ring (bicyclic) bond motifs is 1. The molecule has 0 aliphatic heterocycles. The summed E-state index contributed by atoms with van der Waals surface area (Å²) in [5.74, 6) is 0.819. The normalized spacial score (nSPS) is 10.9. The van der Waals surface area contributed by atoms with E-state index >= 15 is 0 Å². The van der Waals surface area contributed by atoms with E-state index in [2.05, 4.69) is 9.97 Å². The fourth-order valence-corrected chi connectivity index (χ4v) is 2.93. The van der Waals surface area contributed by atoms with Crippen molar-refractivity contribution in [2.24, 2.45) is 0 Å². The Morgan fingerprint density at radius 3 is 2.67 bits per heavy atom. The third-order valence-electron chi connectivity index (χ3n) is 2.69. The lowest BCUT2D eigenvalue weighted by Gasteiger charge is -2.01. The van der Waals surface area contributed by atoms with E-state index in [9.17, 15) is 0 Å². The van der Waals surface area contributed by atoms with Crippen LogP contribution in [0.4, 0.5) is 0 Å². The molecule has 0 fully saturated rings. The minimum atomic E-state index is 0.807. The Labute approximate surface area is 114 Å². The fraction of sp³-hybridized carbons (Fsp3) is 0.0714. The van der Waals surface area contributed by atoms with Crippen LogP contribution in [0.15, 0.2) is 53.7 Å². The first-order valence-corrected chi connectivity index (χ1v) is 7.00. The first-order valence-electron chi connectivity index (χ1n) is 5.64. The van der Waals surface area contributed by atoms with Gasteiger partial charge in [-0.2, -0.15) is 0 Å². The highest BCUT2D eigenvalue weighted by atomic mass is 35.5. The Morgan fingerprint density at radius 2 is 1.83 bits per heavy atom. The Bertz CT molecular complexity index is 645. The maximum absolute atomic E-state index is 6.13. The molecular weight excluding hydrogens is 264 g/mol. The molecule has 0 saturated heterocycles. The molecular formula is C14H11ClN2S. The highest BCUT2D eigenvalue weighted by Crippen LogP contribution is 2.26. The molecule has 1 aromatic heterocycles. The molecule has 3 aromatic rings. The number of H-pyrrole nitrogens is 1. The zero-order chi connectivity index (χ0) is 12.4. The number of hydrogen-bond donors (Lipinski definition) is 1. The van der Waals surface area contributed by atoms with Crippen molar-refractivity contribution < 1.29 is 0 Å². The number of aromatic amines is 1. The van der Waals surface area contributed by atoms with Gasteiger partial charge in [-0.15, -0.1) is 0 Å². The van der Waals surface area contributed by atoms with E-state index in [1.54, 1.807) is 11.8 Å². The summed E-state index contributed by atoms with van der Waals surface area (Å²) in [5, 5.41) is 1.73. The third-order valence-corrected chi connectivity index (χ3v) is 3.98.